The predicted octanol–water partition coefficient (Wildman–Crippen LogP) is 5.99. The fourth-order valence-corrected chi connectivity index (χ4v) is 2.75. The van der Waals surface area contributed by atoms with Gasteiger partial charge in [0.15, 0.2) is 0 Å². The van der Waals surface area contributed by atoms with Crippen molar-refractivity contribution in [3.8, 4) is 0 Å². The molecule has 0 aromatic rings. The van der Waals surface area contributed by atoms with E-state index < -0.39 is 0 Å². The third kappa shape index (κ3) is 14.6. The van der Waals surface area contributed by atoms with Crippen molar-refractivity contribution in [3.63, 3.8) is 0 Å². The topological polar surface area (TPSA) is 0 Å². The maximum atomic E-state index is 3.95. The quantitative estimate of drug-likeness (QED) is 0.272. The van der Waals surface area contributed by atoms with Gasteiger partial charge in [0.05, 0.1) is 0 Å². The Labute approximate surface area is 125 Å². The SMILES string of the molecule is [CH2]CC([SeH])CCCCCCCCCCCCCC. The average Bonchev–Trinajstić information content (AvgIpc) is 2.39. The van der Waals surface area contributed by atoms with Crippen molar-refractivity contribution in [2.75, 3.05) is 0 Å². The molecule has 1 heteroatoms. The third-order valence-electron chi connectivity index (χ3n) is 3.72. The summed E-state index contributed by atoms with van der Waals surface area (Å²) >= 11 is 2.76. The van der Waals surface area contributed by atoms with E-state index in [-0.39, 0.29) is 0 Å². The van der Waals surface area contributed by atoms with Gasteiger partial charge in [-0.3, -0.25) is 0 Å². The molecule has 0 N–H and O–H groups in total. The van der Waals surface area contributed by atoms with E-state index in [0.29, 0.717) is 0 Å². The zero-order valence-corrected chi connectivity index (χ0v) is 14.5. The molecule has 0 saturated heterocycles. The van der Waals surface area contributed by atoms with E-state index in [9.17, 15) is 0 Å². The summed E-state index contributed by atoms with van der Waals surface area (Å²) in [6, 6.07) is 0. The Hall–Kier alpha value is 0.519. The second kappa shape index (κ2) is 15.6. The Morgan fingerprint density at radius 3 is 1.50 bits per heavy atom. The van der Waals surface area contributed by atoms with Crippen LogP contribution < -0.4 is 0 Å². The molecule has 0 aromatic heterocycles. The van der Waals surface area contributed by atoms with Crippen molar-refractivity contribution >= 4 is 16.0 Å². The van der Waals surface area contributed by atoms with Crippen molar-refractivity contribution in [1.82, 2.24) is 0 Å². The van der Waals surface area contributed by atoms with Gasteiger partial charge in [0.25, 0.3) is 0 Å². The van der Waals surface area contributed by atoms with Crippen LogP contribution in [0.4, 0.5) is 0 Å². The number of hydrogen-bond donors (Lipinski definition) is 0. The number of rotatable bonds is 14. The van der Waals surface area contributed by atoms with Crippen LogP contribution in [0.3, 0.4) is 0 Å². The van der Waals surface area contributed by atoms with Crippen molar-refractivity contribution < 1.29 is 0 Å². The van der Waals surface area contributed by atoms with Crippen LogP contribution in [0.5, 0.6) is 0 Å². The molecule has 0 fully saturated rings. The zero-order chi connectivity index (χ0) is 13.5. The molecule has 0 aliphatic rings. The molecule has 1 atom stereocenters. The molecule has 0 aliphatic carbocycles. The molecule has 1 unspecified atom stereocenters. The molecule has 1 radical (unpaired) electrons. The Morgan fingerprint density at radius 2 is 1.11 bits per heavy atom. The van der Waals surface area contributed by atoms with Crippen LogP contribution >= 0.6 is 0 Å². The molecule has 0 spiro atoms. The monoisotopic (exact) mass is 319 g/mol. The molecule has 0 nitrogen and oxygen atoms in total. The number of hydrogen-bond acceptors (Lipinski definition) is 0. The van der Waals surface area contributed by atoms with Gasteiger partial charge in [-0.1, -0.05) is 19.8 Å². The van der Waals surface area contributed by atoms with Crippen LogP contribution in [0.2, 0.25) is 4.82 Å². The minimum atomic E-state index is 0.778. The van der Waals surface area contributed by atoms with E-state index in [2.05, 4.69) is 29.9 Å². The van der Waals surface area contributed by atoms with Crippen LogP contribution in [0, 0.1) is 6.92 Å². The third-order valence-corrected chi connectivity index (χ3v) is 4.81. The van der Waals surface area contributed by atoms with E-state index in [1.165, 1.54) is 83.5 Å². The van der Waals surface area contributed by atoms with Gasteiger partial charge >= 0.3 is 105 Å². The van der Waals surface area contributed by atoms with Gasteiger partial charge in [-0.15, -0.1) is 0 Å². The summed E-state index contributed by atoms with van der Waals surface area (Å²) in [7, 11) is 0. The summed E-state index contributed by atoms with van der Waals surface area (Å²) in [6.07, 6.45) is 19.8. The van der Waals surface area contributed by atoms with Crippen molar-refractivity contribution in [3.05, 3.63) is 6.92 Å². The Kier molecular flexibility index (Phi) is 16.0. The van der Waals surface area contributed by atoms with Crippen LogP contribution in [0.1, 0.15) is 96.8 Å². The zero-order valence-electron chi connectivity index (χ0n) is 12.6. The minimum absolute atomic E-state index is 0.778. The first-order valence-electron chi connectivity index (χ1n) is 8.28. The molecule has 0 aliphatic heterocycles. The van der Waals surface area contributed by atoms with Gasteiger partial charge in [0.1, 0.15) is 0 Å². The molecular weight excluding hydrogens is 283 g/mol. The van der Waals surface area contributed by atoms with E-state index in [1.54, 1.807) is 0 Å². The van der Waals surface area contributed by atoms with E-state index in [1.807, 2.05) is 0 Å². The van der Waals surface area contributed by atoms with Crippen molar-refractivity contribution in [2.45, 2.75) is 102 Å². The van der Waals surface area contributed by atoms with Crippen LogP contribution in [-0.4, -0.2) is 16.0 Å². The molecule has 0 bridgehead atoms. The van der Waals surface area contributed by atoms with Gasteiger partial charge in [-0.05, 0) is 0 Å². The first-order valence-corrected chi connectivity index (χ1v) is 9.37. The molecule has 0 heterocycles. The van der Waals surface area contributed by atoms with E-state index in [0.717, 1.165) is 11.2 Å². The van der Waals surface area contributed by atoms with Gasteiger partial charge in [-0.25, -0.2) is 0 Å². The first-order chi connectivity index (χ1) is 8.81. The van der Waals surface area contributed by atoms with Gasteiger partial charge in [-0.2, -0.15) is 0 Å². The molecule has 0 saturated carbocycles. The molecular formula is C17H35Se. The first kappa shape index (κ1) is 18.5. The standard InChI is InChI=1S/C17H35Se/c1-3-5-6-7-8-9-10-11-12-13-14-15-16-17(18)4-2/h17-18H,2-16H2,1H3. The second-order valence-electron chi connectivity index (χ2n) is 5.62. The van der Waals surface area contributed by atoms with E-state index >= 15 is 0 Å². The maximum absolute atomic E-state index is 3.95. The Balaban J connectivity index is 2.94. The van der Waals surface area contributed by atoms with Crippen LogP contribution in [-0.2, 0) is 0 Å². The summed E-state index contributed by atoms with van der Waals surface area (Å²) < 4.78 is 0. The van der Waals surface area contributed by atoms with Gasteiger partial charge in [0.2, 0.25) is 0 Å². The van der Waals surface area contributed by atoms with Crippen molar-refractivity contribution in [1.29, 1.82) is 0 Å². The summed E-state index contributed by atoms with van der Waals surface area (Å²) in [4.78, 5) is 0.778. The fourth-order valence-electron chi connectivity index (χ4n) is 2.37. The summed E-state index contributed by atoms with van der Waals surface area (Å²) in [5.74, 6) is 0. The van der Waals surface area contributed by atoms with Gasteiger partial charge in [0, 0.05) is 0 Å². The molecule has 0 amide bonds. The molecule has 0 aromatic carbocycles. The minimum Gasteiger partial charge on any atom is -0.0654 e. The predicted molar refractivity (Wildman–Crippen MR) is 86.6 cm³/mol. The Bertz CT molecular complexity index is 145. The average molecular weight is 318 g/mol. The van der Waals surface area contributed by atoms with Crippen LogP contribution in [0.25, 0.3) is 0 Å². The fraction of sp³-hybridized carbons (Fsp3) is 0.941. The second-order valence-corrected chi connectivity index (χ2v) is 7.15. The number of unbranched alkanes of at least 4 members (excludes halogenated alkanes) is 11. The summed E-state index contributed by atoms with van der Waals surface area (Å²) in [5, 5.41) is 0. The Morgan fingerprint density at radius 1 is 0.722 bits per heavy atom. The summed E-state index contributed by atoms with van der Waals surface area (Å²) in [6.45, 7) is 6.23. The van der Waals surface area contributed by atoms with Gasteiger partial charge < -0.3 is 0 Å². The molecule has 18 heavy (non-hydrogen) atoms. The molecule has 0 rings (SSSR count). The smallest absolute Gasteiger partial charge is 0.0654 e. The normalized spacial score (nSPS) is 12.8. The van der Waals surface area contributed by atoms with E-state index in [4.69, 9.17) is 0 Å². The molecule has 109 valence electrons. The summed E-state index contributed by atoms with van der Waals surface area (Å²) in [5.41, 5.74) is 0. The van der Waals surface area contributed by atoms with Crippen LogP contribution in [0.15, 0.2) is 0 Å². The van der Waals surface area contributed by atoms with Crippen molar-refractivity contribution in [2.24, 2.45) is 0 Å².